The molecule has 1 fully saturated rings. The van der Waals surface area contributed by atoms with E-state index in [0.717, 1.165) is 19.3 Å². The Morgan fingerprint density at radius 1 is 0.957 bits per heavy atom. The summed E-state index contributed by atoms with van der Waals surface area (Å²) in [5.74, 6) is -1.15. The van der Waals surface area contributed by atoms with Crippen LogP contribution < -0.4 is 0 Å². The van der Waals surface area contributed by atoms with Gasteiger partial charge in [0.1, 0.15) is 6.04 Å². The molecule has 23 heavy (non-hydrogen) atoms. The number of rotatable bonds is 12. The molecule has 0 aromatic carbocycles. The molecule has 5 nitrogen and oxygen atoms in total. The lowest BCUT2D eigenvalue weighted by molar-refractivity contribution is -0.148. The number of carboxylic acid groups (broad SMARTS) is 1. The maximum absolute atomic E-state index is 12.1. The number of carbonyl (C=O) groups excluding carboxylic acids is 1. The van der Waals surface area contributed by atoms with Crippen molar-refractivity contribution in [2.24, 2.45) is 0 Å². The van der Waals surface area contributed by atoms with Crippen LogP contribution in [0.1, 0.15) is 84.0 Å². The van der Waals surface area contributed by atoms with Crippen molar-refractivity contribution < 1.29 is 19.8 Å². The van der Waals surface area contributed by atoms with Crippen LogP contribution in [-0.4, -0.2) is 45.7 Å². The largest absolute Gasteiger partial charge is 0.480 e. The smallest absolute Gasteiger partial charge is 0.326 e. The summed E-state index contributed by atoms with van der Waals surface area (Å²) in [5.41, 5.74) is 0. The predicted octanol–water partition coefficient (Wildman–Crippen LogP) is 3.34. The second-order valence-electron chi connectivity index (χ2n) is 6.72. The Kier molecular flexibility index (Phi) is 9.92. The third-order valence-electron chi connectivity index (χ3n) is 4.63. The van der Waals surface area contributed by atoms with Crippen LogP contribution >= 0.6 is 0 Å². The molecule has 1 heterocycles. The van der Waals surface area contributed by atoms with Gasteiger partial charge in [0, 0.05) is 19.4 Å². The maximum Gasteiger partial charge on any atom is 0.326 e. The highest BCUT2D eigenvalue weighted by atomic mass is 16.4. The molecule has 1 amide bonds. The second-order valence-corrected chi connectivity index (χ2v) is 6.72. The van der Waals surface area contributed by atoms with Gasteiger partial charge in [-0.25, -0.2) is 4.79 Å². The lowest BCUT2D eigenvalue weighted by atomic mass is 10.1. The number of hydrogen-bond donors (Lipinski definition) is 2. The van der Waals surface area contributed by atoms with E-state index in [4.69, 9.17) is 5.11 Å². The summed E-state index contributed by atoms with van der Waals surface area (Å²) in [4.78, 5) is 24.5. The van der Waals surface area contributed by atoms with E-state index < -0.39 is 18.1 Å². The Hall–Kier alpha value is -1.10. The number of carboxylic acids is 1. The minimum atomic E-state index is -1.02. The molecule has 0 saturated carbocycles. The summed E-state index contributed by atoms with van der Waals surface area (Å²) < 4.78 is 0. The van der Waals surface area contributed by atoms with Crippen LogP contribution in [0, 0.1) is 0 Å². The Morgan fingerprint density at radius 3 is 2.00 bits per heavy atom. The normalized spacial score (nSPS) is 20.9. The van der Waals surface area contributed by atoms with E-state index in [2.05, 4.69) is 6.92 Å². The third kappa shape index (κ3) is 7.82. The van der Waals surface area contributed by atoms with Crippen LogP contribution in [0.2, 0.25) is 0 Å². The van der Waals surface area contributed by atoms with Crippen LogP contribution in [0.25, 0.3) is 0 Å². The first kappa shape index (κ1) is 19.9. The van der Waals surface area contributed by atoms with Crippen molar-refractivity contribution in [2.45, 2.75) is 96.1 Å². The molecule has 2 N–H and O–H groups in total. The number of nitrogens with zero attached hydrogens (tertiary/aromatic N) is 1. The van der Waals surface area contributed by atoms with Crippen molar-refractivity contribution in [3.05, 3.63) is 0 Å². The molecule has 134 valence electrons. The average molecular weight is 327 g/mol. The zero-order valence-corrected chi connectivity index (χ0v) is 14.5. The minimum Gasteiger partial charge on any atom is -0.480 e. The molecular formula is C18H33NO4. The minimum absolute atomic E-state index is 0.131. The van der Waals surface area contributed by atoms with Crippen molar-refractivity contribution in [3.63, 3.8) is 0 Å². The summed E-state index contributed by atoms with van der Waals surface area (Å²) in [7, 11) is 0. The number of carbonyl (C=O) groups is 2. The van der Waals surface area contributed by atoms with Gasteiger partial charge in [-0.1, -0.05) is 64.7 Å². The number of aliphatic hydroxyl groups is 1. The number of amides is 1. The van der Waals surface area contributed by atoms with Gasteiger partial charge in [-0.2, -0.15) is 0 Å². The molecule has 1 saturated heterocycles. The van der Waals surface area contributed by atoms with Gasteiger partial charge >= 0.3 is 5.97 Å². The van der Waals surface area contributed by atoms with Gasteiger partial charge in [0.25, 0.3) is 0 Å². The van der Waals surface area contributed by atoms with E-state index in [-0.39, 0.29) is 18.9 Å². The lowest BCUT2D eigenvalue weighted by Crippen LogP contribution is -2.40. The van der Waals surface area contributed by atoms with E-state index in [0.29, 0.717) is 6.42 Å². The molecule has 0 unspecified atom stereocenters. The van der Waals surface area contributed by atoms with Gasteiger partial charge in [-0.15, -0.1) is 0 Å². The van der Waals surface area contributed by atoms with Gasteiger partial charge in [-0.3, -0.25) is 4.79 Å². The van der Waals surface area contributed by atoms with Crippen molar-refractivity contribution in [2.75, 3.05) is 6.54 Å². The molecular weight excluding hydrogens is 294 g/mol. The number of aliphatic carboxylic acids is 1. The van der Waals surface area contributed by atoms with Crippen LogP contribution in [0.15, 0.2) is 0 Å². The Balaban J connectivity index is 2.05. The molecule has 1 rings (SSSR count). The van der Waals surface area contributed by atoms with Gasteiger partial charge in [0.05, 0.1) is 6.10 Å². The van der Waals surface area contributed by atoms with Crippen molar-refractivity contribution in [1.29, 1.82) is 0 Å². The first-order valence-electron chi connectivity index (χ1n) is 9.26. The molecule has 0 aromatic rings. The standard InChI is InChI=1S/C18H33NO4/c1-2-3-4-5-6-7-8-9-10-11-12-17(21)19-14-15(20)13-16(19)18(22)23/h15-16,20H,2-14H2,1H3,(H,22,23)/t15-,16+/m1/s1. The fraction of sp³-hybridized carbons (Fsp3) is 0.889. The first-order valence-corrected chi connectivity index (χ1v) is 9.26. The topological polar surface area (TPSA) is 77.8 Å². The van der Waals surface area contributed by atoms with Crippen LogP contribution in [0.4, 0.5) is 0 Å². The van der Waals surface area contributed by atoms with Crippen LogP contribution in [0.5, 0.6) is 0 Å². The van der Waals surface area contributed by atoms with Gasteiger partial charge in [-0.05, 0) is 6.42 Å². The van der Waals surface area contributed by atoms with Crippen molar-refractivity contribution in [3.8, 4) is 0 Å². The molecule has 0 radical (unpaired) electrons. The highest BCUT2D eigenvalue weighted by Crippen LogP contribution is 2.20. The highest BCUT2D eigenvalue weighted by molar-refractivity contribution is 5.84. The van der Waals surface area contributed by atoms with E-state index in [1.54, 1.807) is 0 Å². The zero-order valence-electron chi connectivity index (χ0n) is 14.5. The SMILES string of the molecule is CCCCCCCCCCCCC(=O)N1C[C@H](O)C[C@H]1C(=O)O. The van der Waals surface area contributed by atoms with Crippen LogP contribution in [0.3, 0.4) is 0 Å². The fourth-order valence-corrected chi connectivity index (χ4v) is 3.23. The molecule has 0 aromatic heterocycles. The molecule has 0 bridgehead atoms. The Labute approximate surface area is 140 Å². The summed E-state index contributed by atoms with van der Waals surface area (Å²) in [6.45, 7) is 2.39. The molecule has 2 atom stereocenters. The average Bonchev–Trinajstić information content (AvgIpc) is 2.91. The molecule has 5 heteroatoms. The van der Waals surface area contributed by atoms with Crippen LogP contribution in [-0.2, 0) is 9.59 Å². The Bertz CT molecular complexity index is 359. The molecule has 0 spiro atoms. The van der Waals surface area contributed by atoms with E-state index >= 15 is 0 Å². The monoisotopic (exact) mass is 327 g/mol. The van der Waals surface area contributed by atoms with Gasteiger partial charge in [0.2, 0.25) is 5.91 Å². The summed E-state index contributed by atoms with van der Waals surface area (Å²) in [6, 6.07) is -0.847. The summed E-state index contributed by atoms with van der Waals surface area (Å²) >= 11 is 0. The number of unbranched alkanes of at least 4 members (excludes halogenated alkanes) is 9. The Morgan fingerprint density at radius 2 is 1.48 bits per heavy atom. The van der Waals surface area contributed by atoms with E-state index in [1.807, 2.05) is 0 Å². The second kappa shape index (κ2) is 11.4. The van der Waals surface area contributed by atoms with Crippen molar-refractivity contribution in [1.82, 2.24) is 4.90 Å². The zero-order chi connectivity index (χ0) is 17.1. The molecule has 0 aliphatic carbocycles. The molecule has 1 aliphatic rings. The predicted molar refractivity (Wildman–Crippen MR) is 90.2 cm³/mol. The number of hydrogen-bond acceptors (Lipinski definition) is 3. The molecule has 1 aliphatic heterocycles. The van der Waals surface area contributed by atoms with E-state index in [9.17, 15) is 14.7 Å². The maximum atomic E-state index is 12.1. The van der Waals surface area contributed by atoms with Gasteiger partial charge in [0.15, 0.2) is 0 Å². The van der Waals surface area contributed by atoms with Crippen molar-refractivity contribution >= 4 is 11.9 Å². The lowest BCUT2D eigenvalue weighted by Gasteiger charge is -2.21. The quantitative estimate of drug-likeness (QED) is 0.539. The fourth-order valence-electron chi connectivity index (χ4n) is 3.23. The summed E-state index contributed by atoms with van der Waals surface area (Å²) in [5, 5.41) is 18.6. The first-order chi connectivity index (χ1) is 11.1. The van der Waals surface area contributed by atoms with Gasteiger partial charge < -0.3 is 15.1 Å². The number of aliphatic hydroxyl groups excluding tert-OH is 1. The number of likely N-dealkylation sites (tertiary alicyclic amines) is 1. The van der Waals surface area contributed by atoms with E-state index in [1.165, 1.54) is 49.8 Å². The number of β-amino-alcohol motifs (C(OH)–C–C–N with tert-alkyl or cyclic N) is 1. The summed E-state index contributed by atoms with van der Waals surface area (Å²) in [6.07, 6.45) is 11.9. The highest BCUT2D eigenvalue weighted by Gasteiger charge is 2.38. The third-order valence-corrected chi connectivity index (χ3v) is 4.63.